The number of fused-ring (bicyclic) bond motifs is 4. The third-order valence-corrected chi connectivity index (χ3v) is 7.08. The summed E-state index contributed by atoms with van der Waals surface area (Å²) in [7, 11) is 1.40. The average molecular weight is 370 g/mol. The van der Waals surface area contributed by atoms with Gasteiger partial charge >= 0.3 is 5.97 Å². The largest absolute Gasteiger partial charge is 0.469 e. The van der Waals surface area contributed by atoms with Gasteiger partial charge in [0.15, 0.2) is 0 Å². The number of nitrogens with one attached hydrogen (secondary N) is 1. The lowest BCUT2D eigenvalue weighted by Crippen LogP contribution is -2.60. The second-order valence-corrected chi connectivity index (χ2v) is 8.00. The lowest BCUT2D eigenvalue weighted by molar-refractivity contribution is -0.146. The van der Waals surface area contributed by atoms with Crippen LogP contribution >= 0.6 is 0 Å². The van der Waals surface area contributed by atoms with Crippen molar-refractivity contribution in [2.24, 2.45) is 5.41 Å². The molecule has 3 aliphatic heterocycles. The molecular formula is C21H26N2O4. The predicted octanol–water partition coefficient (Wildman–Crippen LogP) is 2.62. The van der Waals surface area contributed by atoms with Crippen LogP contribution in [0.5, 0.6) is 0 Å². The summed E-state index contributed by atoms with van der Waals surface area (Å²) in [5, 5.41) is 3.05. The molecule has 4 rings (SSSR count). The summed E-state index contributed by atoms with van der Waals surface area (Å²) in [5.74, 6) is -0.132. The van der Waals surface area contributed by atoms with Gasteiger partial charge in [-0.2, -0.15) is 0 Å². The van der Waals surface area contributed by atoms with Gasteiger partial charge in [0.2, 0.25) is 11.8 Å². The van der Waals surface area contributed by atoms with E-state index in [4.69, 9.17) is 4.74 Å². The molecule has 1 N–H and O–H groups in total. The maximum absolute atomic E-state index is 13.3. The van der Waals surface area contributed by atoms with E-state index in [2.05, 4.69) is 12.2 Å². The minimum atomic E-state index is -0.723. The van der Waals surface area contributed by atoms with E-state index >= 15 is 0 Å². The van der Waals surface area contributed by atoms with Crippen LogP contribution in [0.3, 0.4) is 0 Å². The molecule has 27 heavy (non-hydrogen) atoms. The van der Waals surface area contributed by atoms with Crippen molar-refractivity contribution < 1.29 is 19.1 Å². The van der Waals surface area contributed by atoms with Crippen LogP contribution in [0, 0.1) is 5.41 Å². The number of nitrogens with zero attached hydrogens (tertiary/aromatic N) is 1. The van der Waals surface area contributed by atoms with Gasteiger partial charge in [0.25, 0.3) is 0 Å². The molecule has 0 saturated carbocycles. The smallest absolute Gasteiger partial charge is 0.305 e. The predicted molar refractivity (Wildman–Crippen MR) is 100 cm³/mol. The lowest BCUT2D eigenvalue weighted by atomic mass is 9.58. The highest BCUT2D eigenvalue weighted by atomic mass is 16.5. The number of anilines is 1. The molecular weight excluding hydrogens is 344 g/mol. The molecule has 1 aromatic carbocycles. The number of hydrogen-bond acceptors (Lipinski definition) is 4. The summed E-state index contributed by atoms with van der Waals surface area (Å²) in [5.41, 5.74) is 0.847. The van der Waals surface area contributed by atoms with Gasteiger partial charge in [-0.1, -0.05) is 25.1 Å². The van der Waals surface area contributed by atoms with Gasteiger partial charge in [-0.15, -0.1) is 0 Å². The maximum Gasteiger partial charge on any atom is 0.305 e. The van der Waals surface area contributed by atoms with Crippen molar-refractivity contribution in [2.45, 2.75) is 56.9 Å². The van der Waals surface area contributed by atoms with Gasteiger partial charge in [0.1, 0.15) is 0 Å². The van der Waals surface area contributed by atoms with E-state index in [9.17, 15) is 14.4 Å². The molecule has 3 atom stereocenters. The van der Waals surface area contributed by atoms with Crippen LogP contribution in [0.1, 0.15) is 51.0 Å². The lowest BCUT2D eigenvalue weighted by Gasteiger charge is -2.51. The fourth-order valence-corrected chi connectivity index (χ4v) is 5.71. The third kappa shape index (κ3) is 2.42. The Hall–Kier alpha value is -2.37. The molecule has 1 spiro atoms. The second-order valence-electron chi connectivity index (χ2n) is 8.00. The van der Waals surface area contributed by atoms with Gasteiger partial charge in [-0.3, -0.25) is 14.4 Å². The average Bonchev–Trinajstić information content (AvgIpc) is 3.23. The molecule has 0 aliphatic carbocycles. The second kappa shape index (κ2) is 6.36. The topological polar surface area (TPSA) is 75.7 Å². The summed E-state index contributed by atoms with van der Waals surface area (Å²) in [6.07, 6.45) is 3.56. The van der Waals surface area contributed by atoms with Crippen LogP contribution < -0.4 is 5.32 Å². The normalized spacial score (nSPS) is 31.6. The van der Waals surface area contributed by atoms with Crippen LogP contribution in [0.2, 0.25) is 0 Å². The van der Waals surface area contributed by atoms with Crippen LogP contribution in [-0.2, 0) is 24.5 Å². The Labute approximate surface area is 159 Å². The van der Waals surface area contributed by atoms with Gasteiger partial charge in [0, 0.05) is 25.1 Å². The summed E-state index contributed by atoms with van der Waals surface area (Å²) in [6, 6.07) is 7.59. The monoisotopic (exact) mass is 370 g/mol. The van der Waals surface area contributed by atoms with Crippen LogP contribution in [0.15, 0.2) is 24.3 Å². The molecule has 3 heterocycles. The number of methoxy groups -OCH3 is 1. The van der Waals surface area contributed by atoms with Crippen LogP contribution in [0.25, 0.3) is 0 Å². The van der Waals surface area contributed by atoms with Crippen molar-refractivity contribution in [3.05, 3.63) is 29.8 Å². The molecule has 144 valence electrons. The Bertz CT molecular complexity index is 807. The number of piperidine rings is 1. The Morgan fingerprint density at radius 3 is 2.81 bits per heavy atom. The highest BCUT2D eigenvalue weighted by Gasteiger charge is 2.65. The van der Waals surface area contributed by atoms with E-state index in [0.717, 1.165) is 17.7 Å². The number of benzene rings is 1. The first-order chi connectivity index (χ1) is 13.0. The summed E-state index contributed by atoms with van der Waals surface area (Å²) >= 11 is 0. The SMILES string of the molecule is CCC1(CCC(=O)OC)CCC(=O)N2CCC3(C(=O)Nc4ccccc43)C21. The van der Waals surface area contributed by atoms with Gasteiger partial charge in [-0.05, 0) is 42.7 Å². The first-order valence-electron chi connectivity index (χ1n) is 9.76. The Balaban J connectivity index is 1.82. The molecule has 6 heteroatoms. The van der Waals surface area contributed by atoms with Crippen LogP contribution in [0.4, 0.5) is 5.69 Å². The fraction of sp³-hybridized carbons (Fsp3) is 0.571. The van der Waals surface area contributed by atoms with Crippen molar-refractivity contribution in [2.75, 3.05) is 19.0 Å². The molecule has 6 nitrogen and oxygen atoms in total. The van der Waals surface area contributed by atoms with Gasteiger partial charge in [0.05, 0.1) is 18.6 Å². The first-order valence-corrected chi connectivity index (χ1v) is 9.76. The summed E-state index contributed by atoms with van der Waals surface area (Å²) < 4.78 is 4.86. The standard InChI is InChI=1S/C21H26N2O4/c1-3-20(11-9-17(25)27-2)10-8-16(24)23-13-12-21(18(20)23)14-6-4-5-7-15(14)22-19(21)26/h4-7,18H,3,8-13H2,1-2H3,(H,22,26). The van der Waals surface area contributed by atoms with E-state index in [-0.39, 0.29) is 29.2 Å². The van der Waals surface area contributed by atoms with Gasteiger partial charge in [-0.25, -0.2) is 0 Å². The zero-order valence-electron chi connectivity index (χ0n) is 15.9. The minimum Gasteiger partial charge on any atom is -0.469 e. The quantitative estimate of drug-likeness (QED) is 0.827. The number of esters is 1. The summed E-state index contributed by atoms with van der Waals surface area (Å²) in [6.45, 7) is 2.70. The zero-order valence-corrected chi connectivity index (χ0v) is 15.9. The molecule has 3 unspecified atom stereocenters. The number of amides is 2. The van der Waals surface area contributed by atoms with Crippen molar-refractivity contribution in [3.63, 3.8) is 0 Å². The van der Waals surface area contributed by atoms with E-state index < -0.39 is 5.41 Å². The number of rotatable bonds is 4. The molecule has 0 radical (unpaired) electrons. The number of carbonyl (C=O) groups is 3. The molecule has 0 bridgehead atoms. The van der Waals surface area contributed by atoms with E-state index in [1.54, 1.807) is 0 Å². The molecule has 2 amide bonds. The maximum atomic E-state index is 13.3. The van der Waals surface area contributed by atoms with Crippen molar-refractivity contribution in [1.29, 1.82) is 0 Å². The van der Waals surface area contributed by atoms with E-state index in [1.165, 1.54) is 7.11 Å². The Morgan fingerprint density at radius 1 is 1.30 bits per heavy atom. The van der Waals surface area contributed by atoms with Crippen molar-refractivity contribution in [3.8, 4) is 0 Å². The Kier molecular flexibility index (Phi) is 4.24. The van der Waals surface area contributed by atoms with E-state index in [0.29, 0.717) is 38.6 Å². The third-order valence-electron chi connectivity index (χ3n) is 7.08. The molecule has 3 aliphatic rings. The van der Waals surface area contributed by atoms with E-state index in [1.807, 2.05) is 29.2 Å². The number of hydrogen-bond donors (Lipinski definition) is 1. The van der Waals surface area contributed by atoms with Gasteiger partial charge < -0.3 is 15.0 Å². The number of ether oxygens (including phenoxy) is 1. The van der Waals surface area contributed by atoms with Crippen LogP contribution in [-0.4, -0.2) is 42.4 Å². The minimum absolute atomic E-state index is 0.0122. The summed E-state index contributed by atoms with van der Waals surface area (Å²) in [4.78, 5) is 39.8. The fourth-order valence-electron chi connectivity index (χ4n) is 5.71. The first kappa shape index (κ1) is 18.0. The highest BCUT2D eigenvalue weighted by Crippen LogP contribution is 2.58. The molecule has 1 aromatic rings. The van der Waals surface area contributed by atoms with Crippen molar-refractivity contribution >= 4 is 23.5 Å². The number of para-hydroxylation sites is 1. The van der Waals surface area contributed by atoms with Crippen molar-refractivity contribution in [1.82, 2.24) is 4.90 Å². The Morgan fingerprint density at radius 2 is 2.07 bits per heavy atom. The zero-order chi connectivity index (χ0) is 19.2. The highest BCUT2D eigenvalue weighted by molar-refractivity contribution is 6.08. The molecule has 0 aromatic heterocycles. The molecule has 2 fully saturated rings. The molecule has 2 saturated heterocycles. The number of carbonyl (C=O) groups excluding carboxylic acids is 3.